The van der Waals surface area contributed by atoms with Crippen molar-refractivity contribution in [3.05, 3.63) is 34.9 Å². The Morgan fingerprint density at radius 1 is 1.14 bits per heavy atom. The van der Waals surface area contributed by atoms with Crippen LogP contribution in [-0.4, -0.2) is 13.6 Å². The van der Waals surface area contributed by atoms with Gasteiger partial charge in [0.1, 0.15) is 0 Å². The van der Waals surface area contributed by atoms with E-state index >= 15 is 0 Å². The van der Waals surface area contributed by atoms with E-state index < -0.39 is 0 Å². The highest BCUT2D eigenvalue weighted by atomic mass is 14.8. The van der Waals surface area contributed by atoms with Gasteiger partial charge >= 0.3 is 0 Å². The second-order valence-corrected chi connectivity index (χ2v) is 4.16. The van der Waals surface area contributed by atoms with Gasteiger partial charge in [-0.3, -0.25) is 0 Å². The predicted molar refractivity (Wildman–Crippen MR) is 60.7 cm³/mol. The lowest BCUT2D eigenvalue weighted by molar-refractivity contribution is 0.683. The highest BCUT2D eigenvalue weighted by molar-refractivity contribution is 5.33. The van der Waals surface area contributed by atoms with Crippen molar-refractivity contribution in [2.75, 3.05) is 13.6 Å². The molecule has 0 saturated heterocycles. The first kappa shape index (κ1) is 9.72. The second kappa shape index (κ2) is 4.61. The Labute approximate surface area is 86.5 Å². The maximum Gasteiger partial charge on any atom is -0.00114 e. The summed E-state index contributed by atoms with van der Waals surface area (Å²) in [5.41, 5.74) is 4.68. The van der Waals surface area contributed by atoms with Gasteiger partial charge in [0, 0.05) is 0 Å². The summed E-state index contributed by atoms with van der Waals surface area (Å²) in [7, 11) is 2.01. The number of aryl methyl sites for hydroxylation is 2. The molecule has 2 rings (SSSR count). The molecule has 0 saturated carbocycles. The average molecular weight is 189 g/mol. The van der Waals surface area contributed by atoms with Crippen molar-refractivity contribution in [1.82, 2.24) is 5.32 Å². The van der Waals surface area contributed by atoms with Crippen LogP contribution in [0.1, 0.15) is 29.5 Å². The van der Waals surface area contributed by atoms with Crippen LogP contribution in [0.3, 0.4) is 0 Å². The Bertz CT molecular complexity index is 304. The smallest absolute Gasteiger partial charge is 0.00114 e. The second-order valence-electron chi connectivity index (χ2n) is 4.16. The van der Waals surface area contributed by atoms with E-state index in [1.165, 1.54) is 31.2 Å². The van der Waals surface area contributed by atoms with Crippen LogP contribution in [0.15, 0.2) is 18.2 Å². The first-order valence-electron chi connectivity index (χ1n) is 5.65. The molecule has 0 unspecified atom stereocenters. The SMILES string of the molecule is CNCCc1ccc2c(c1)CCCC2. The lowest BCUT2D eigenvalue weighted by Crippen LogP contribution is -2.11. The van der Waals surface area contributed by atoms with Crippen LogP contribution in [0.5, 0.6) is 0 Å². The lowest BCUT2D eigenvalue weighted by atomic mass is 9.90. The molecule has 1 aromatic carbocycles. The van der Waals surface area contributed by atoms with Crippen molar-refractivity contribution >= 4 is 0 Å². The molecule has 1 aliphatic rings. The highest BCUT2D eigenvalue weighted by Crippen LogP contribution is 2.22. The Kier molecular flexibility index (Phi) is 3.20. The minimum atomic E-state index is 1.08. The number of hydrogen-bond acceptors (Lipinski definition) is 1. The van der Waals surface area contributed by atoms with E-state index in [-0.39, 0.29) is 0 Å². The summed E-state index contributed by atoms with van der Waals surface area (Å²) in [6.07, 6.45) is 6.50. The highest BCUT2D eigenvalue weighted by Gasteiger charge is 2.08. The topological polar surface area (TPSA) is 12.0 Å². The number of rotatable bonds is 3. The number of fused-ring (bicyclic) bond motifs is 1. The molecule has 0 aromatic heterocycles. The fraction of sp³-hybridized carbons (Fsp3) is 0.538. The van der Waals surface area contributed by atoms with Gasteiger partial charge in [-0.1, -0.05) is 18.2 Å². The Balaban J connectivity index is 2.12. The normalized spacial score (nSPS) is 15.2. The van der Waals surface area contributed by atoms with Crippen LogP contribution in [0, 0.1) is 0 Å². The first-order chi connectivity index (χ1) is 6.90. The van der Waals surface area contributed by atoms with Crippen LogP contribution in [-0.2, 0) is 19.3 Å². The Morgan fingerprint density at radius 2 is 1.93 bits per heavy atom. The van der Waals surface area contributed by atoms with Crippen LogP contribution in [0.4, 0.5) is 0 Å². The maximum atomic E-state index is 3.20. The lowest BCUT2D eigenvalue weighted by Gasteiger charge is -2.16. The van der Waals surface area contributed by atoms with Gasteiger partial charge in [0.25, 0.3) is 0 Å². The minimum absolute atomic E-state index is 1.08. The van der Waals surface area contributed by atoms with Crippen LogP contribution in [0.25, 0.3) is 0 Å². The fourth-order valence-corrected chi connectivity index (χ4v) is 2.21. The van der Waals surface area contributed by atoms with Crippen molar-refractivity contribution in [1.29, 1.82) is 0 Å². The third-order valence-corrected chi connectivity index (χ3v) is 3.08. The number of benzene rings is 1. The van der Waals surface area contributed by atoms with E-state index in [1.807, 2.05) is 7.05 Å². The van der Waals surface area contributed by atoms with Gasteiger partial charge < -0.3 is 5.32 Å². The average Bonchev–Trinajstić information content (AvgIpc) is 2.26. The summed E-state index contributed by atoms with van der Waals surface area (Å²) in [6, 6.07) is 7.03. The van der Waals surface area contributed by atoms with E-state index in [0.29, 0.717) is 0 Å². The zero-order valence-electron chi connectivity index (χ0n) is 8.97. The number of hydrogen-bond donors (Lipinski definition) is 1. The van der Waals surface area contributed by atoms with Gasteiger partial charge in [0.05, 0.1) is 0 Å². The molecule has 0 radical (unpaired) electrons. The summed E-state index contributed by atoms with van der Waals surface area (Å²) in [5.74, 6) is 0. The van der Waals surface area contributed by atoms with Crippen molar-refractivity contribution < 1.29 is 0 Å². The third kappa shape index (κ3) is 2.16. The van der Waals surface area contributed by atoms with Gasteiger partial charge in [0.15, 0.2) is 0 Å². The molecule has 1 nitrogen and oxygen atoms in total. The zero-order chi connectivity index (χ0) is 9.80. The van der Waals surface area contributed by atoms with Gasteiger partial charge in [-0.05, 0) is 62.4 Å². The maximum absolute atomic E-state index is 3.20. The van der Waals surface area contributed by atoms with Crippen molar-refractivity contribution in [2.45, 2.75) is 32.1 Å². The molecule has 1 N–H and O–H groups in total. The molecule has 0 atom stereocenters. The van der Waals surface area contributed by atoms with Crippen molar-refractivity contribution in [2.24, 2.45) is 0 Å². The molecule has 1 heteroatoms. The molecule has 1 aromatic rings. The van der Waals surface area contributed by atoms with Gasteiger partial charge in [0.2, 0.25) is 0 Å². The zero-order valence-corrected chi connectivity index (χ0v) is 8.97. The monoisotopic (exact) mass is 189 g/mol. The molecule has 0 spiro atoms. The van der Waals surface area contributed by atoms with Crippen LogP contribution < -0.4 is 5.32 Å². The molecule has 0 amide bonds. The minimum Gasteiger partial charge on any atom is -0.319 e. The predicted octanol–water partition coefficient (Wildman–Crippen LogP) is 2.33. The summed E-state index contributed by atoms with van der Waals surface area (Å²) in [5, 5.41) is 3.20. The molecule has 76 valence electrons. The van der Waals surface area contributed by atoms with Crippen molar-refractivity contribution in [3.8, 4) is 0 Å². The molecule has 0 heterocycles. The molecule has 1 aliphatic carbocycles. The van der Waals surface area contributed by atoms with Gasteiger partial charge in [-0.15, -0.1) is 0 Å². The van der Waals surface area contributed by atoms with E-state index in [9.17, 15) is 0 Å². The summed E-state index contributed by atoms with van der Waals surface area (Å²) < 4.78 is 0. The van der Waals surface area contributed by atoms with Crippen LogP contribution >= 0.6 is 0 Å². The van der Waals surface area contributed by atoms with Gasteiger partial charge in [-0.25, -0.2) is 0 Å². The molecule has 0 fully saturated rings. The van der Waals surface area contributed by atoms with Crippen molar-refractivity contribution in [3.63, 3.8) is 0 Å². The van der Waals surface area contributed by atoms with Gasteiger partial charge in [-0.2, -0.15) is 0 Å². The number of nitrogens with one attached hydrogen (secondary N) is 1. The van der Waals surface area contributed by atoms with E-state index in [2.05, 4.69) is 23.5 Å². The molecule has 0 aliphatic heterocycles. The largest absolute Gasteiger partial charge is 0.319 e. The van der Waals surface area contributed by atoms with E-state index in [1.54, 1.807) is 11.1 Å². The first-order valence-corrected chi connectivity index (χ1v) is 5.65. The molecular weight excluding hydrogens is 170 g/mol. The molecule has 14 heavy (non-hydrogen) atoms. The van der Waals surface area contributed by atoms with Crippen LogP contribution in [0.2, 0.25) is 0 Å². The quantitative estimate of drug-likeness (QED) is 0.769. The fourth-order valence-electron chi connectivity index (χ4n) is 2.21. The van der Waals surface area contributed by atoms with E-state index in [0.717, 1.165) is 13.0 Å². The summed E-state index contributed by atoms with van der Waals surface area (Å²) >= 11 is 0. The Morgan fingerprint density at radius 3 is 2.71 bits per heavy atom. The Hall–Kier alpha value is -0.820. The third-order valence-electron chi connectivity index (χ3n) is 3.08. The molecule has 0 bridgehead atoms. The van der Waals surface area contributed by atoms with E-state index in [4.69, 9.17) is 0 Å². The molecular formula is C13H19N. The standard InChI is InChI=1S/C13H19N/c1-14-9-8-11-6-7-12-4-2-3-5-13(12)10-11/h6-7,10,14H,2-5,8-9H2,1H3. The summed E-state index contributed by atoms with van der Waals surface area (Å²) in [6.45, 7) is 1.08. The summed E-state index contributed by atoms with van der Waals surface area (Å²) in [4.78, 5) is 0. The number of likely N-dealkylation sites (N-methyl/N-ethyl adjacent to an activating group) is 1.